The number of nitrogens with zero attached hydrogens (tertiary/aromatic N) is 3. The SMILES string of the molecule is CCc1ccc(SNc2cc(C)nn2-c2ccc(F)c3ncccc23)cc1. The third-order valence-electron chi connectivity index (χ3n) is 4.36. The molecule has 2 heterocycles. The Morgan fingerprint density at radius 3 is 2.70 bits per heavy atom. The molecule has 0 spiro atoms. The van der Waals surface area contributed by atoms with E-state index in [2.05, 4.69) is 46.0 Å². The van der Waals surface area contributed by atoms with Gasteiger partial charge in [0.05, 0.1) is 11.4 Å². The van der Waals surface area contributed by atoms with Crippen molar-refractivity contribution in [2.75, 3.05) is 4.72 Å². The Kier molecular flexibility index (Phi) is 4.81. The van der Waals surface area contributed by atoms with Gasteiger partial charge in [-0.15, -0.1) is 0 Å². The minimum absolute atomic E-state index is 0.335. The summed E-state index contributed by atoms with van der Waals surface area (Å²) in [6, 6.07) is 17.3. The first-order valence-electron chi connectivity index (χ1n) is 8.78. The number of aromatic nitrogens is 3. The molecule has 0 saturated carbocycles. The van der Waals surface area contributed by atoms with Gasteiger partial charge >= 0.3 is 0 Å². The number of aryl methyl sites for hydroxylation is 2. The zero-order valence-corrected chi connectivity index (χ0v) is 15.9. The van der Waals surface area contributed by atoms with Crippen LogP contribution < -0.4 is 4.72 Å². The molecule has 0 atom stereocenters. The quantitative estimate of drug-likeness (QED) is 0.462. The van der Waals surface area contributed by atoms with Crippen LogP contribution in [-0.2, 0) is 6.42 Å². The van der Waals surface area contributed by atoms with E-state index in [4.69, 9.17) is 0 Å². The van der Waals surface area contributed by atoms with E-state index >= 15 is 0 Å². The van der Waals surface area contributed by atoms with Crippen molar-refractivity contribution in [3.8, 4) is 5.69 Å². The highest BCUT2D eigenvalue weighted by Crippen LogP contribution is 2.28. The van der Waals surface area contributed by atoms with Gasteiger partial charge in [-0.25, -0.2) is 9.07 Å². The molecule has 0 bridgehead atoms. The zero-order chi connectivity index (χ0) is 18.8. The standard InChI is InChI=1S/C21H19FN4S/c1-3-15-6-8-16(9-7-15)27-25-20-13-14(2)24-26(20)19-11-10-18(22)21-17(19)5-4-12-23-21/h4-13,25H,3H2,1-2H3. The first-order valence-corrected chi connectivity index (χ1v) is 9.59. The van der Waals surface area contributed by atoms with E-state index in [1.54, 1.807) is 23.0 Å². The van der Waals surface area contributed by atoms with E-state index in [0.717, 1.165) is 33.9 Å². The highest BCUT2D eigenvalue weighted by Gasteiger charge is 2.13. The van der Waals surface area contributed by atoms with Gasteiger partial charge in [-0.1, -0.05) is 19.1 Å². The fraction of sp³-hybridized carbons (Fsp3) is 0.143. The van der Waals surface area contributed by atoms with E-state index in [1.807, 2.05) is 19.1 Å². The van der Waals surface area contributed by atoms with E-state index in [9.17, 15) is 4.39 Å². The number of rotatable bonds is 5. The van der Waals surface area contributed by atoms with Crippen molar-refractivity contribution in [1.82, 2.24) is 14.8 Å². The topological polar surface area (TPSA) is 42.7 Å². The van der Waals surface area contributed by atoms with Crippen LogP contribution in [0.3, 0.4) is 0 Å². The summed E-state index contributed by atoms with van der Waals surface area (Å²) in [6.07, 6.45) is 2.62. The summed E-state index contributed by atoms with van der Waals surface area (Å²) in [7, 11) is 0. The van der Waals surface area contributed by atoms with Gasteiger partial charge in [-0.05, 0) is 67.3 Å². The van der Waals surface area contributed by atoms with Crippen molar-refractivity contribution < 1.29 is 4.39 Å². The van der Waals surface area contributed by atoms with Crippen molar-refractivity contribution in [2.24, 2.45) is 0 Å². The predicted octanol–water partition coefficient (Wildman–Crippen LogP) is 5.55. The molecule has 0 aliphatic carbocycles. The summed E-state index contributed by atoms with van der Waals surface area (Å²) in [5, 5.41) is 5.31. The number of hydrogen-bond acceptors (Lipinski definition) is 4. The lowest BCUT2D eigenvalue weighted by atomic mass is 10.1. The number of anilines is 1. The Morgan fingerprint density at radius 1 is 1.11 bits per heavy atom. The van der Waals surface area contributed by atoms with Crippen LogP contribution >= 0.6 is 11.9 Å². The van der Waals surface area contributed by atoms with Gasteiger partial charge in [0.2, 0.25) is 0 Å². The molecule has 0 radical (unpaired) electrons. The van der Waals surface area contributed by atoms with E-state index < -0.39 is 0 Å². The fourth-order valence-electron chi connectivity index (χ4n) is 2.97. The third-order valence-corrected chi connectivity index (χ3v) is 5.18. The average molecular weight is 378 g/mol. The van der Waals surface area contributed by atoms with Crippen LogP contribution in [0.15, 0.2) is 65.7 Å². The number of pyridine rings is 1. The smallest absolute Gasteiger partial charge is 0.149 e. The van der Waals surface area contributed by atoms with E-state index in [0.29, 0.717) is 5.52 Å². The Labute approximate surface area is 161 Å². The fourth-order valence-corrected chi connectivity index (χ4v) is 3.61. The van der Waals surface area contributed by atoms with Crippen LogP contribution in [0.2, 0.25) is 0 Å². The van der Waals surface area contributed by atoms with Crippen LogP contribution in [0.25, 0.3) is 16.6 Å². The lowest BCUT2D eigenvalue weighted by molar-refractivity contribution is 0.636. The number of halogens is 1. The predicted molar refractivity (Wildman–Crippen MR) is 109 cm³/mol. The molecule has 0 saturated heterocycles. The van der Waals surface area contributed by atoms with Gasteiger partial charge in [0.25, 0.3) is 0 Å². The molecule has 1 N–H and O–H groups in total. The molecule has 136 valence electrons. The van der Waals surface area contributed by atoms with Crippen LogP contribution in [-0.4, -0.2) is 14.8 Å². The molecule has 0 fully saturated rings. The third kappa shape index (κ3) is 3.53. The molecule has 4 aromatic rings. The van der Waals surface area contributed by atoms with Crippen LogP contribution in [0.1, 0.15) is 18.2 Å². The molecular formula is C21H19FN4S. The highest BCUT2D eigenvalue weighted by molar-refractivity contribution is 8.00. The van der Waals surface area contributed by atoms with Crippen molar-refractivity contribution >= 4 is 28.7 Å². The first kappa shape index (κ1) is 17.5. The monoisotopic (exact) mass is 378 g/mol. The summed E-state index contributed by atoms with van der Waals surface area (Å²) < 4.78 is 19.3. The lowest BCUT2D eigenvalue weighted by Gasteiger charge is -2.12. The van der Waals surface area contributed by atoms with Crippen molar-refractivity contribution in [1.29, 1.82) is 0 Å². The Balaban J connectivity index is 1.68. The van der Waals surface area contributed by atoms with Crippen molar-refractivity contribution in [3.05, 3.63) is 77.9 Å². The summed E-state index contributed by atoms with van der Waals surface area (Å²) in [4.78, 5) is 5.29. The average Bonchev–Trinajstić information content (AvgIpc) is 3.07. The van der Waals surface area contributed by atoms with E-state index in [-0.39, 0.29) is 5.82 Å². The zero-order valence-electron chi connectivity index (χ0n) is 15.1. The number of benzene rings is 2. The van der Waals surface area contributed by atoms with Gasteiger partial charge in [0.1, 0.15) is 17.2 Å². The molecule has 4 nitrogen and oxygen atoms in total. The first-order chi connectivity index (χ1) is 13.2. The van der Waals surface area contributed by atoms with Crippen LogP contribution in [0.4, 0.5) is 10.2 Å². The molecule has 6 heteroatoms. The second-order valence-corrected chi connectivity index (χ2v) is 7.13. The summed E-state index contributed by atoms with van der Waals surface area (Å²) >= 11 is 1.52. The Morgan fingerprint density at radius 2 is 1.93 bits per heavy atom. The molecule has 0 aliphatic heterocycles. The lowest BCUT2D eigenvalue weighted by Crippen LogP contribution is -2.03. The molecular weight excluding hydrogens is 359 g/mol. The maximum atomic E-state index is 14.1. The molecule has 2 aromatic heterocycles. The summed E-state index contributed by atoms with van der Waals surface area (Å²) in [5.74, 6) is 0.493. The van der Waals surface area contributed by atoms with Crippen LogP contribution in [0, 0.1) is 12.7 Å². The molecule has 0 unspecified atom stereocenters. The maximum Gasteiger partial charge on any atom is 0.149 e. The Bertz CT molecular complexity index is 1090. The molecule has 0 aliphatic rings. The normalized spacial score (nSPS) is 11.1. The largest absolute Gasteiger partial charge is 0.310 e. The van der Waals surface area contributed by atoms with Crippen molar-refractivity contribution in [3.63, 3.8) is 0 Å². The Hall–Kier alpha value is -2.86. The highest BCUT2D eigenvalue weighted by atomic mass is 32.2. The minimum Gasteiger partial charge on any atom is -0.310 e. The minimum atomic E-state index is -0.335. The van der Waals surface area contributed by atoms with Gasteiger partial charge in [0, 0.05) is 22.5 Å². The molecule has 27 heavy (non-hydrogen) atoms. The second-order valence-electron chi connectivity index (χ2n) is 6.25. The number of fused-ring (bicyclic) bond motifs is 1. The number of nitrogens with one attached hydrogen (secondary N) is 1. The maximum absolute atomic E-state index is 14.1. The van der Waals surface area contributed by atoms with Crippen molar-refractivity contribution in [2.45, 2.75) is 25.2 Å². The van der Waals surface area contributed by atoms with Crippen LogP contribution in [0.5, 0.6) is 0 Å². The van der Waals surface area contributed by atoms with Gasteiger partial charge in [-0.3, -0.25) is 4.98 Å². The number of hydrogen-bond donors (Lipinski definition) is 1. The molecule has 4 rings (SSSR count). The second kappa shape index (κ2) is 7.40. The summed E-state index contributed by atoms with van der Waals surface area (Å²) in [5.41, 5.74) is 3.32. The van der Waals surface area contributed by atoms with Gasteiger partial charge < -0.3 is 4.72 Å². The van der Waals surface area contributed by atoms with Gasteiger partial charge in [-0.2, -0.15) is 5.10 Å². The molecule has 2 aromatic carbocycles. The summed E-state index contributed by atoms with van der Waals surface area (Å²) in [6.45, 7) is 4.08. The van der Waals surface area contributed by atoms with Gasteiger partial charge in [0.15, 0.2) is 0 Å². The van der Waals surface area contributed by atoms with E-state index in [1.165, 1.54) is 23.6 Å². The molecule has 0 amide bonds.